The molecule has 0 fully saturated rings. The number of hydrogen-bond acceptors (Lipinski definition) is 2. The molecule has 13 heavy (non-hydrogen) atoms. The third-order valence-electron chi connectivity index (χ3n) is 2.76. The Hall–Kier alpha value is -0.370. The SMILES string of the molecule is CCCC(C)c1nc2c(s1)CCC2. The summed E-state index contributed by atoms with van der Waals surface area (Å²) in [4.78, 5) is 6.30. The first-order chi connectivity index (χ1) is 6.31. The van der Waals surface area contributed by atoms with E-state index in [-0.39, 0.29) is 0 Å². The topological polar surface area (TPSA) is 12.9 Å². The lowest BCUT2D eigenvalue weighted by Crippen LogP contribution is -1.92. The molecule has 0 saturated carbocycles. The monoisotopic (exact) mass is 195 g/mol. The molecule has 0 radical (unpaired) electrons. The van der Waals surface area contributed by atoms with E-state index < -0.39 is 0 Å². The number of rotatable bonds is 3. The predicted octanol–water partition coefficient (Wildman–Crippen LogP) is 3.54. The molecule has 0 aromatic carbocycles. The van der Waals surface area contributed by atoms with Gasteiger partial charge in [-0.15, -0.1) is 11.3 Å². The highest BCUT2D eigenvalue weighted by molar-refractivity contribution is 7.11. The summed E-state index contributed by atoms with van der Waals surface area (Å²) in [5.74, 6) is 0.681. The average Bonchev–Trinajstić information content (AvgIpc) is 2.61. The smallest absolute Gasteiger partial charge is 0.0959 e. The van der Waals surface area contributed by atoms with Gasteiger partial charge in [0.2, 0.25) is 0 Å². The lowest BCUT2D eigenvalue weighted by atomic mass is 10.1. The Morgan fingerprint density at radius 1 is 1.46 bits per heavy atom. The fourth-order valence-corrected chi connectivity index (χ4v) is 3.22. The predicted molar refractivity (Wildman–Crippen MR) is 57.5 cm³/mol. The van der Waals surface area contributed by atoms with Crippen molar-refractivity contribution in [2.45, 2.75) is 51.9 Å². The van der Waals surface area contributed by atoms with Crippen molar-refractivity contribution in [3.05, 3.63) is 15.6 Å². The summed E-state index contributed by atoms with van der Waals surface area (Å²) >= 11 is 1.96. The van der Waals surface area contributed by atoms with E-state index in [1.807, 2.05) is 11.3 Å². The van der Waals surface area contributed by atoms with Crippen molar-refractivity contribution in [3.8, 4) is 0 Å². The molecule has 0 spiro atoms. The molecule has 72 valence electrons. The number of thiazole rings is 1. The number of aromatic nitrogens is 1. The van der Waals surface area contributed by atoms with Crippen LogP contribution in [0.15, 0.2) is 0 Å². The van der Waals surface area contributed by atoms with Gasteiger partial charge >= 0.3 is 0 Å². The molecule has 2 rings (SSSR count). The molecule has 1 aromatic rings. The highest BCUT2D eigenvalue weighted by Crippen LogP contribution is 2.32. The van der Waals surface area contributed by atoms with Crippen molar-refractivity contribution in [3.63, 3.8) is 0 Å². The first-order valence-corrected chi connectivity index (χ1v) is 6.11. The molecular formula is C11H17NS. The Morgan fingerprint density at radius 2 is 2.31 bits per heavy atom. The second-order valence-electron chi connectivity index (χ2n) is 3.97. The molecule has 0 saturated heterocycles. The van der Waals surface area contributed by atoms with Gasteiger partial charge < -0.3 is 0 Å². The molecule has 0 bridgehead atoms. The largest absolute Gasteiger partial charge is 0.246 e. The molecule has 2 heteroatoms. The zero-order valence-corrected chi connectivity index (χ0v) is 9.28. The van der Waals surface area contributed by atoms with Crippen LogP contribution in [0.3, 0.4) is 0 Å². The van der Waals surface area contributed by atoms with Gasteiger partial charge in [-0.05, 0) is 25.7 Å². The second-order valence-corrected chi connectivity index (χ2v) is 5.08. The summed E-state index contributed by atoms with van der Waals surface area (Å²) in [5.41, 5.74) is 1.41. The minimum atomic E-state index is 0.681. The van der Waals surface area contributed by atoms with E-state index in [2.05, 4.69) is 13.8 Å². The zero-order chi connectivity index (χ0) is 9.26. The molecular weight excluding hydrogens is 178 g/mol. The quantitative estimate of drug-likeness (QED) is 0.719. The van der Waals surface area contributed by atoms with E-state index in [4.69, 9.17) is 4.98 Å². The zero-order valence-electron chi connectivity index (χ0n) is 8.47. The first kappa shape index (κ1) is 9.20. The highest BCUT2D eigenvalue weighted by atomic mass is 32.1. The van der Waals surface area contributed by atoms with Crippen LogP contribution in [0.5, 0.6) is 0 Å². The Bertz CT molecular complexity index is 269. The molecule has 1 atom stereocenters. The molecule has 1 heterocycles. The summed E-state index contributed by atoms with van der Waals surface area (Å²) in [5, 5.41) is 1.38. The summed E-state index contributed by atoms with van der Waals surface area (Å²) in [6.45, 7) is 4.55. The maximum atomic E-state index is 4.73. The van der Waals surface area contributed by atoms with E-state index in [1.54, 1.807) is 4.88 Å². The number of aryl methyl sites for hydroxylation is 2. The maximum absolute atomic E-state index is 4.73. The van der Waals surface area contributed by atoms with Crippen molar-refractivity contribution in [1.29, 1.82) is 0 Å². The summed E-state index contributed by atoms with van der Waals surface area (Å²) in [6.07, 6.45) is 6.39. The fraction of sp³-hybridized carbons (Fsp3) is 0.727. The van der Waals surface area contributed by atoms with Gasteiger partial charge in [-0.25, -0.2) is 4.98 Å². The van der Waals surface area contributed by atoms with Crippen LogP contribution in [0.25, 0.3) is 0 Å². The van der Waals surface area contributed by atoms with Gasteiger partial charge in [-0.1, -0.05) is 20.3 Å². The van der Waals surface area contributed by atoms with Gasteiger partial charge in [-0.2, -0.15) is 0 Å². The van der Waals surface area contributed by atoms with E-state index >= 15 is 0 Å². The van der Waals surface area contributed by atoms with Crippen molar-refractivity contribution in [1.82, 2.24) is 4.98 Å². The molecule has 0 N–H and O–H groups in total. The van der Waals surface area contributed by atoms with Crippen LogP contribution in [-0.4, -0.2) is 4.98 Å². The van der Waals surface area contributed by atoms with E-state index in [0.29, 0.717) is 5.92 Å². The van der Waals surface area contributed by atoms with Crippen LogP contribution in [-0.2, 0) is 12.8 Å². The van der Waals surface area contributed by atoms with Gasteiger partial charge in [0.1, 0.15) is 0 Å². The van der Waals surface area contributed by atoms with Crippen molar-refractivity contribution >= 4 is 11.3 Å². The fourth-order valence-electron chi connectivity index (χ4n) is 1.98. The van der Waals surface area contributed by atoms with E-state index in [0.717, 1.165) is 0 Å². The molecule has 1 nitrogen and oxygen atoms in total. The Balaban J connectivity index is 2.13. The second kappa shape index (κ2) is 3.79. The molecule has 1 aromatic heterocycles. The van der Waals surface area contributed by atoms with Gasteiger partial charge in [0.15, 0.2) is 0 Å². The van der Waals surface area contributed by atoms with E-state index in [1.165, 1.54) is 42.8 Å². The molecule has 1 unspecified atom stereocenters. The Morgan fingerprint density at radius 3 is 3.00 bits per heavy atom. The van der Waals surface area contributed by atoms with Crippen molar-refractivity contribution in [2.24, 2.45) is 0 Å². The van der Waals surface area contributed by atoms with Crippen LogP contribution in [0.2, 0.25) is 0 Å². The van der Waals surface area contributed by atoms with Crippen LogP contribution in [0, 0.1) is 0 Å². The van der Waals surface area contributed by atoms with Crippen molar-refractivity contribution < 1.29 is 0 Å². The molecule has 1 aliphatic carbocycles. The van der Waals surface area contributed by atoms with Gasteiger partial charge in [0.05, 0.1) is 10.7 Å². The van der Waals surface area contributed by atoms with Gasteiger partial charge in [-0.3, -0.25) is 0 Å². The maximum Gasteiger partial charge on any atom is 0.0959 e. The number of nitrogens with zero attached hydrogens (tertiary/aromatic N) is 1. The van der Waals surface area contributed by atoms with Crippen LogP contribution >= 0.6 is 11.3 Å². The van der Waals surface area contributed by atoms with Crippen LogP contribution in [0.1, 0.15) is 54.6 Å². The molecule has 0 aliphatic heterocycles. The van der Waals surface area contributed by atoms with Gasteiger partial charge in [0, 0.05) is 10.8 Å². The summed E-state index contributed by atoms with van der Waals surface area (Å²) < 4.78 is 0. The van der Waals surface area contributed by atoms with Crippen molar-refractivity contribution in [2.75, 3.05) is 0 Å². The third kappa shape index (κ3) is 1.78. The molecule has 1 aliphatic rings. The first-order valence-electron chi connectivity index (χ1n) is 5.29. The lowest BCUT2D eigenvalue weighted by Gasteiger charge is -2.04. The molecule has 0 amide bonds. The summed E-state index contributed by atoms with van der Waals surface area (Å²) in [6, 6.07) is 0. The Kier molecular flexibility index (Phi) is 2.68. The number of fused-ring (bicyclic) bond motifs is 1. The average molecular weight is 195 g/mol. The van der Waals surface area contributed by atoms with Gasteiger partial charge in [0.25, 0.3) is 0 Å². The Labute approximate surface area is 84.2 Å². The van der Waals surface area contributed by atoms with Crippen LogP contribution in [0.4, 0.5) is 0 Å². The summed E-state index contributed by atoms with van der Waals surface area (Å²) in [7, 11) is 0. The standard InChI is InChI=1S/C11H17NS/c1-3-5-8(2)11-12-9-6-4-7-10(9)13-11/h8H,3-7H2,1-2H3. The van der Waals surface area contributed by atoms with Crippen LogP contribution < -0.4 is 0 Å². The lowest BCUT2D eigenvalue weighted by molar-refractivity contribution is 0.658. The van der Waals surface area contributed by atoms with E-state index in [9.17, 15) is 0 Å². The minimum Gasteiger partial charge on any atom is -0.246 e. The minimum absolute atomic E-state index is 0.681. The normalized spacial score (nSPS) is 17.4. The highest BCUT2D eigenvalue weighted by Gasteiger charge is 2.18. The number of hydrogen-bond donors (Lipinski definition) is 0. The third-order valence-corrected chi connectivity index (χ3v) is 4.14.